The fourth-order valence-corrected chi connectivity index (χ4v) is 13.2. The zero-order chi connectivity index (χ0) is 37.1. The maximum Gasteiger partial charge on any atom is 0.519 e. The predicted molar refractivity (Wildman–Crippen MR) is 187 cm³/mol. The quantitative estimate of drug-likeness (QED) is 0.305. The molecular weight excluding hydrogens is 650 g/mol. The third-order valence-corrected chi connectivity index (χ3v) is 16.5. The second-order valence-corrected chi connectivity index (χ2v) is 18.9. The molecule has 1 N–H and O–H groups in total. The van der Waals surface area contributed by atoms with Gasteiger partial charge in [0.05, 0.1) is 16.9 Å². The zero-order valence-corrected chi connectivity index (χ0v) is 31.8. The molecule has 7 rings (SSSR count). The first-order valence-corrected chi connectivity index (χ1v) is 19.3. The van der Waals surface area contributed by atoms with Gasteiger partial charge in [-0.3, -0.25) is 24.1 Å². The third kappa shape index (κ3) is 5.00. The van der Waals surface area contributed by atoms with E-state index in [-0.39, 0.29) is 75.8 Å². The van der Waals surface area contributed by atoms with Crippen LogP contribution in [0.15, 0.2) is 25.3 Å². The van der Waals surface area contributed by atoms with Gasteiger partial charge in [-0.1, -0.05) is 33.3 Å². The highest BCUT2D eigenvalue weighted by Crippen LogP contribution is 2.75. The van der Waals surface area contributed by atoms with Crippen molar-refractivity contribution in [1.29, 1.82) is 0 Å². The van der Waals surface area contributed by atoms with Gasteiger partial charge in [-0.05, 0) is 144 Å². The molecule has 2 heterocycles. The number of esters is 1. The number of ketones is 2. The Hall–Kier alpha value is -3.01. The number of aryl methyl sites for hydroxylation is 1. The first-order valence-electron chi connectivity index (χ1n) is 19.3. The van der Waals surface area contributed by atoms with Gasteiger partial charge in [0.1, 0.15) is 5.78 Å². The number of nitrogens with zero attached hydrogens (tertiary/aromatic N) is 1. The van der Waals surface area contributed by atoms with Crippen molar-refractivity contribution >= 4 is 23.5 Å². The van der Waals surface area contributed by atoms with E-state index in [1.165, 1.54) is 0 Å². The number of likely N-dealkylation sites (tertiary alicyclic amines) is 1. The van der Waals surface area contributed by atoms with Crippen LogP contribution >= 0.6 is 0 Å². The number of carboxylic acids is 1. The summed E-state index contributed by atoms with van der Waals surface area (Å²) in [6.45, 7) is 16.8. The normalized spacial score (nSPS) is 45.1. The molecule has 10 heteroatoms. The monoisotopic (exact) mass is 707 g/mol. The van der Waals surface area contributed by atoms with Crippen LogP contribution in [0.5, 0.6) is 0 Å². The molecule has 0 bridgehead atoms. The number of rotatable bonds is 6. The molecule has 5 fully saturated rings. The summed E-state index contributed by atoms with van der Waals surface area (Å²) in [7, 11) is 0. The Bertz CT molecular complexity index is 1760. The summed E-state index contributed by atoms with van der Waals surface area (Å²) in [4.78, 5) is 69.2. The number of carbonyl (C=O) groups is 4. The average molecular weight is 708 g/mol. The molecular formula is C41H57NO9. The summed E-state index contributed by atoms with van der Waals surface area (Å²) < 4.78 is 16.3. The topological polar surface area (TPSA) is 144 Å². The zero-order valence-electron chi connectivity index (χ0n) is 31.8. The number of carboxylic acid groups (broad SMARTS) is 1. The number of fused-ring (bicyclic) bond motifs is 7. The summed E-state index contributed by atoms with van der Waals surface area (Å²) in [6, 6.07) is -0.522. The highest BCUT2D eigenvalue weighted by atomic mass is 16.6. The van der Waals surface area contributed by atoms with Gasteiger partial charge < -0.3 is 18.7 Å². The standard InChI is InChI=1S/C41H57NO9/c1-23(43)27-10-9-19-42(27)31-12-13-38(5)30(41(31,8)34(47)49-22-29-24(2)50-35(48)51-29)11-14-40(7)32(38)28(44)20-25-26-21-37(4,33(45)46)16-15-36(26,3)17-18-39(25,40)6/h20,26-27,30-32H,9-19,21-22H2,1-8H3,(H,45,46)/t26-,27-,30+,31-,32+,36+,37-,38-,39+,40+,41-/m0/s1. The molecule has 1 aliphatic heterocycles. The Labute approximate surface area is 301 Å². The van der Waals surface area contributed by atoms with E-state index < -0.39 is 34.0 Å². The van der Waals surface area contributed by atoms with Crippen molar-refractivity contribution in [1.82, 2.24) is 4.90 Å². The highest BCUT2D eigenvalue weighted by Gasteiger charge is 2.72. The second kappa shape index (κ2) is 11.7. The molecule has 1 aromatic heterocycles. The van der Waals surface area contributed by atoms with Gasteiger partial charge in [-0.25, -0.2) is 4.79 Å². The van der Waals surface area contributed by atoms with Crippen molar-refractivity contribution < 1.29 is 37.9 Å². The van der Waals surface area contributed by atoms with Gasteiger partial charge in [0.15, 0.2) is 23.9 Å². The molecule has 0 aromatic carbocycles. The van der Waals surface area contributed by atoms with Crippen LogP contribution in [0.25, 0.3) is 0 Å². The number of Topliss-reactive ketones (excluding diaryl/α,β-unsaturated/α-hetero) is 1. The first kappa shape index (κ1) is 36.4. The summed E-state index contributed by atoms with van der Waals surface area (Å²) >= 11 is 0. The summed E-state index contributed by atoms with van der Waals surface area (Å²) in [5.74, 6) is -1.87. The van der Waals surface area contributed by atoms with Gasteiger partial charge in [0.2, 0.25) is 0 Å². The molecule has 1 saturated heterocycles. The van der Waals surface area contributed by atoms with E-state index in [4.69, 9.17) is 13.6 Å². The molecule has 0 radical (unpaired) electrons. The fraction of sp³-hybridized carbons (Fsp3) is 0.780. The Morgan fingerprint density at radius 3 is 2.29 bits per heavy atom. The van der Waals surface area contributed by atoms with Crippen LogP contribution in [0, 0.1) is 57.2 Å². The number of ether oxygens (including phenoxy) is 1. The average Bonchev–Trinajstić information content (AvgIpc) is 3.67. The van der Waals surface area contributed by atoms with Crippen LogP contribution < -0.4 is 5.82 Å². The van der Waals surface area contributed by atoms with Crippen molar-refractivity contribution in [3.8, 4) is 0 Å². The Balaban J connectivity index is 1.29. The highest BCUT2D eigenvalue weighted by molar-refractivity contribution is 5.96. The van der Waals surface area contributed by atoms with Crippen LogP contribution in [0.2, 0.25) is 0 Å². The number of aliphatic carboxylic acids is 1. The minimum absolute atomic E-state index is 0.0273. The summed E-state index contributed by atoms with van der Waals surface area (Å²) in [5, 5.41) is 10.3. The van der Waals surface area contributed by atoms with Crippen LogP contribution in [-0.2, 0) is 30.5 Å². The van der Waals surface area contributed by atoms with E-state index in [2.05, 4.69) is 32.6 Å². The van der Waals surface area contributed by atoms with Gasteiger partial charge in [0, 0.05) is 12.0 Å². The van der Waals surface area contributed by atoms with Gasteiger partial charge in [-0.2, -0.15) is 0 Å². The molecule has 11 atom stereocenters. The maximum absolute atomic E-state index is 15.0. The third-order valence-electron chi connectivity index (χ3n) is 16.5. The van der Waals surface area contributed by atoms with E-state index in [9.17, 15) is 29.1 Å². The lowest BCUT2D eigenvalue weighted by Crippen LogP contribution is -2.70. The van der Waals surface area contributed by atoms with Crippen LogP contribution in [-0.4, -0.2) is 52.1 Å². The van der Waals surface area contributed by atoms with E-state index in [0.717, 1.165) is 63.5 Å². The molecule has 6 aliphatic rings. The van der Waals surface area contributed by atoms with E-state index in [1.54, 1.807) is 13.8 Å². The first-order chi connectivity index (χ1) is 23.7. The smallest absolute Gasteiger partial charge is 0.481 e. The van der Waals surface area contributed by atoms with Crippen molar-refractivity contribution in [2.75, 3.05) is 6.54 Å². The second-order valence-electron chi connectivity index (χ2n) is 18.9. The van der Waals surface area contributed by atoms with Crippen molar-refractivity contribution in [2.45, 2.75) is 145 Å². The molecule has 0 amide bonds. The molecule has 4 saturated carbocycles. The Morgan fingerprint density at radius 2 is 1.65 bits per heavy atom. The van der Waals surface area contributed by atoms with Crippen molar-refractivity contribution in [2.24, 2.45) is 50.2 Å². The maximum atomic E-state index is 15.0. The summed E-state index contributed by atoms with van der Waals surface area (Å²) in [6.07, 6.45) is 10.4. The lowest BCUT2D eigenvalue weighted by molar-refractivity contribution is -0.213. The lowest BCUT2D eigenvalue weighted by atomic mass is 9.33. The Morgan fingerprint density at radius 1 is 0.941 bits per heavy atom. The SMILES string of the molecule is CC(=O)[C@@H]1CCCN1[C@H]1CC[C@@]2(C)[C@@H](CC[C@]3(C)[C@@H]2C(=O)C=C2[C@@H]4C[C@@](C)(C(=O)O)CC[C@]4(C)CC[C@]23C)[C@]1(C)C(=O)OCc1oc(=O)oc1C. The van der Waals surface area contributed by atoms with E-state index in [1.807, 2.05) is 19.9 Å². The predicted octanol–water partition coefficient (Wildman–Crippen LogP) is 7.05. The minimum atomic E-state index is -1.05. The molecule has 1 aromatic rings. The molecule has 5 aliphatic carbocycles. The summed E-state index contributed by atoms with van der Waals surface area (Å²) in [5.41, 5.74) is -1.97. The largest absolute Gasteiger partial charge is 0.519 e. The molecule has 0 unspecified atom stereocenters. The number of carbonyl (C=O) groups excluding carboxylic acids is 3. The van der Waals surface area contributed by atoms with E-state index in [0.29, 0.717) is 19.3 Å². The number of allylic oxidation sites excluding steroid dienone is 2. The van der Waals surface area contributed by atoms with Crippen LogP contribution in [0.1, 0.15) is 131 Å². The van der Waals surface area contributed by atoms with E-state index >= 15 is 0 Å². The lowest BCUT2D eigenvalue weighted by Gasteiger charge is -2.70. The number of hydrogen-bond donors (Lipinski definition) is 1. The van der Waals surface area contributed by atoms with Crippen LogP contribution in [0.4, 0.5) is 0 Å². The fourth-order valence-electron chi connectivity index (χ4n) is 13.2. The molecule has 51 heavy (non-hydrogen) atoms. The minimum Gasteiger partial charge on any atom is -0.481 e. The van der Waals surface area contributed by atoms with Crippen LogP contribution in [0.3, 0.4) is 0 Å². The molecule has 0 spiro atoms. The number of hydrogen-bond acceptors (Lipinski definition) is 9. The molecule has 280 valence electrons. The van der Waals surface area contributed by atoms with Crippen molar-refractivity contribution in [3.63, 3.8) is 0 Å². The Kier molecular flexibility index (Phi) is 8.37. The van der Waals surface area contributed by atoms with Gasteiger partial charge in [0.25, 0.3) is 0 Å². The van der Waals surface area contributed by atoms with Crippen molar-refractivity contribution in [3.05, 3.63) is 33.8 Å². The van der Waals surface area contributed by atoms with Gasteiger partial charge >= 0.3 is 17.8 Å². The molecule has 10 nitrogen and oxygen atoms in total. The van der Waals surface area contributed by atoms with Gasteiger partial charge in [-0.15, -0.1) is 0 Å².